The summed E-state index contributed by atoms with van der Waals surface area (Å²) in [4.78, 5) is 0. The topological polar surface area (TPSA) is 40.5 Å². The number of aliphatic hydroxyl groups excluding tert-OH is 2. The van der Waals surface area contributed by atoms with Gasteiger partial charge in [-0.3, -0.25) is 0 Å². The third-order valence-electron chi connectivity index (χ3n) is 3.26. The molecule has 0 heterocycles. The maximum atomic E-state index is 9.71. The second kappa shape index (κ2) is 13.1. The summed E-state index contributed by atoms with van der Waals surface area (Å²) in [7, 11) is 0. The molecule has 0 unspecified atom stereocenters. The summed E-state index contributed by atoms with van der Waals surface area (Å²) in [5.41, 5.74) is 0. The van der Waals surface area contributed by atoms with Crippen LogP contribution in [0.4, 0.5) is 0 Å². The van der Waals surface area contributed by atoms with Crippen molar-refractivity contribution in [3.63, 3.8) is 0 Å². The fraction of sp³-hybridized carbons (Fsp3) is 0.875. The molecule has 0 aromatic rings. The van der Waals surface area contributed by atoms with E-state index in [0.717, 1.165) is 25.7 Å². The molecule has 0 saturated carbocycles. The Balaban J connectivity index is 3.51. The molecule has 2 nitrogen and oxygen atoms in total. The number of hydrogen-bond donors (Lipinski definition) is 2. The highest BCUT2D eigenvalue weighted by atomic mass is 16.3. The van der Waals surface area contributed by atoms with Crippen LogP contribution < -0.4 is 0 Å². The molecule has 0 fully saturated rings. The molecule has 0 aliphatic heterocycles. The first-order valence-electron chi connectivity index (χ1n) is 7.75. The molecule has 0 bridgehead atoms. The zero-order valence-corrected chi connectivity index (χ0v) is 12.3. The lowest BCUT2D eigenvalue weighted by Crippen LogP contribution is -2.06. The predicted octanol–water partition coefficient (Wildman–Crippen LogP) is 4.21. The Hall–Kier alpha value is -0.340. The summed E-state index contributed by atoms with van der Waals surface area (Å²) in [6.45, 7) is 4.37. The third-order valence-corrected chi connectivity index (χ3v) is 3.26. The maximum absolute atomic E-state index is 9.71. The molecule has 0 aliphatic carbocycles. The maximum Gasteiger partial charge on any atom is 0.0721 e. The molecular formula is C16H32O2. The van der Waals surface area contributed by atoms with Gasteiger partial charge in [0.05, 0.1) is 12.2 Å². The average Bonchev–Trinajstić information content (AvgIpc) is 2.37. The molecule has 0 rings (SSSR count). The van der Waals surface area contributed by atoms with Gasteiger partial charge in [0.15, 0.2) is 0 Å². The fourth-order valence-corrected chi connectivity index (χ4v) is 2.01. The van der Waals surface area contributed by atoms with Crippen LogP contribution in [0.2, 0.25) is 0 Å². The quantitative estimate of drug-likeness (QED) is 0.406. The van der Waals surface area contributed by atoms with Gasteiger partial charge in [-0.1, -0.05) is 77.4 Å². The summed E-state index contributed by atoms with van der Waals surface area (Å²) < 4.78 is 0. The molecule has 18 heavy (non-hydrogen) atoms. The highest BCUT2D eigenvalue weighted by Gasteiger charge is 2.02. The van der Waals surface area contributed by atoms with Crippen molar-refractivity contribution in [3.05, 3.63) is 12.2 Å². The van der Waals surface area contributed by atoms with Crippen molar-refractivity contribution in [1.29, 1.82) is 0 Å². The first kappa shape index (κ1) is 17.7. The van der Waals surface area contributed by atoms with Crippen LogP contribution in [0.3, 0.4) is 0 Å². The van der Waals surface area contributed by atoms with Crippen LogP contribution in [0.1, 0.15) is 78.1 Å². The van der Waals surface area contributed by atoms with E-state index in [1.807, 2.05) is 0 Å². The Morgan fingerprint density at radius 3 is 1.39 bits per heavy atom. The van der Waals surface area contributed by atoms with Gasteiger partial charge in [0, 0.05) is 0 Å². The second-order valence-electron chi connectivity index (χ2n) is 5.22. The Labute approximate surface area is 113 Å². The zero-order valence-electron chi connectivity index (χ0n) is 12.3. The molecule has 2 heteroatoms. The molecule has 0 saturated heterocycles. The van der Waals surface area contributed by atoms with Gasteiger partial charge in [-0.05, 0) is 12.8 Å². The smallest absolute Gasteiger partial charge is 0.0721 e. The summed E-state index contributed by atoms with van der Waals surface area (Å²) in [6.07, 6.45) is 13.9. The van der Waals surface area contributed by atoms with Crippen molar-refractivity contribution in [3.8, 4) is 0 Å². The molecule has 108 valence electrons. The van der Waals surface area contributed by atoms with Crippen molar-refractivity contribution in [1.82, 2.24) is 0 Å². The van der Waals surface area contributed by atoms with E-state index in [4.69, 9.17) is 0 Å². The van der Waals surface area contributed by atoms with Gasteiger partial charge in [0.2, 0.25) is 0 Å². The first-order chi connectivity index (χ1) is 8.70. The molecular weight excluding hydrogens is 224 g/mol. The minimum Gasteiger partial charge on any atom is -0.389 e. The van der Waals surface area contributed by atoms with E-state index in [2.05, 4.69) is 13.8 Å². The van der Waals surface area contributed by atoms with Crippen LogP contribution in [0.15, 0.2) is 12.2 Å². The summed E-state index contributed by atoms with van der Waals surface area (Å²) in [5, 5.41) is 19.4. The monoisotopic (exact) mass is 256 g/mol. The van der Waals surface area contributed by atoms with Gasteiger partial charge in [0.1, 0.15) is 0 Å². The Morgan fingerprint density at radius 1 is 0.667 bits per heavy atom. The van der Waals surface area contributed by atoms with Crippen LogP contribution in [0, 0.1) is 0 Å². The van der Waals surface area contributed by atoms with Gasteiger partial charge in [-0.15, -0.1) is 0 Å². The van der Waals surface area contributed by atoms with Crippen LogP contribution >= 0.6 is 0 Å². The van der Waals surface area contributed by atoms with Crippen molar-refractivity contribution in [2.75, 3.05) is 0 Å². The van der Waals surface area contributed by atoms with Crippen LogP contribution in [0.5, 0.6) is 0 Å². The van der Waals surface area contributed by atoms with E-state index in [-0.39, 0.29) is 12.2 Å². The molecule has 0 radical (unpaired) electrons. The summed E-state index contributed by atoms with van der Waals surface area (Å²) in [6, 6.07) is 0. The minimum atomic E-state index is -0.382. The fourth-order valence-electron chi connectivity index (χ4n) is 2.01. The number of aliphatic hydroxyl groups is 2. The minimum absolute atomic E-state index is 0.382. The van der Waals surface area contributed by atoms with Crippen molar-refractivity contribution in [2.45, 2.75) is 90.3 Å². The third kappa shape index (κ3) is 12.1. The van der Waals surface area contributed by atoms with E-state index >= 15 is 0 Å². The van der Waals surface area contributed by atoms with Crippen molar-refractivity contribution in [2.24, 2.45) is 0 Å². The normalized spacial score (nSPS) is 15.1. The second-order valence-corrected chi connectivity index (χ2v) is 5.22. The first-order valence-corrected chi connectivity index (χ1v) is 7.75. The van der Waals surface area contributed by atoms with Gasteiger partial charge in [-0.25, -0.2) is 0 Å². The molecule has 0 amide bonds. The van der Waals surface area contributed by atoms with Gasteiger partial charge in [-0.2, -0.15) is 0 Å². The van der Waals surface area contributed by atoms with E-state index < -0.39 is 0 Å². The molecule has 2 N–H and O–H groups in total. The summed E-state index contributed by atoms with van der Waals surface area (Å²) in [5.74, 6) is 0. The lowest BCUT2D eigenvalue weighted by atomic mass is 10.1. The van der Waals surface area contributed by atoms with Gasteiger partial charge >= 0.3 is 0 Å². The lowest BCUT2D eigenvalue weighted by Gasteiger charge is -2.08. The highest BCUT2D eigenvalue weighted by molar-refractivity contribution is 4.93. The van der Waals surface area contributed by atoms with Crippen molar-refractivity contribution < 1.29 is 10.2 Å². The van der Waals surface area contributed by atoms with Crippen LogP contribution in [0.25, 0.3) is 0 Å². The number of unbranched alkanes of at least 4 members (excludes halogenated alkanes) is 6. The van der Waals surface area contributed by atoms with E-state index in [0.29, 0.717) is 0 Å². The Bertz CT molecular complexity index is 170. The van der Waals surface area contributed by atoms with Crippen LogP contribution in [-0.4, -0.2) is 22.4 Å². The lowest BCUT2D eigenvalue weighted by molar-refractivity contribution is 0.192. The highest BCUT2D eigenvalue weighted by Crippen LogP contribution is 2.09. The number of rotatable bonds is 12. The van der Waals surface area contributed by atoms with E-state index in [1.165, 1.54) is 38.5 Å². The SMILES string of the molecule is CCCCCC[C@H](O)/C=C/[C@H](O)CCCCCC. The van der Waals surface area contributed by atoms with E-state index in [1.54, 1.807) is 12.2 Å². The summed E-state index contributed by atoms with van der Waals surface area (Å²) >= 11 is 0. The van der Waals surface area contributed by atoms with E-state index in [9.17, 15) is 10.2 Å². The van der Waals surface area contributed by atoms with Crippen LogP contribution in [-0.2, 0) is 0 Å². The molecule has 0 aromatic heterocycles. The molecule has 0 spiro atoms. The largest absolute Gasteiger partial charge is 0.389 e. The standard InChI is InChI=1S/C16H32O2/c1-3-5-7-9-11-15(17)13-14-16(18)12-10-8-6-4-2/h13-18H,3-12H2,1-2H3/b14-13+/t15-,16+. The Morgan fingerprint density at radius 2 is 1.06 bits per heavy atom. The van der Waals surface area contributed by atoms with Gasteiger partial charge < -0.3 is 10.2 Å². The van der Waals surface area contributed by atoms with Gasteiger partial charge in [0.25, 0.3) is 0 Å². The molecule has 0 aromatic carbocycles. The predicted molar refractivity (Wildman–Crippen MR) is 78.7 cm³/mol. The molecule has 2 atom stereocenters. The molecule has 0 aliphatic rings. The number of hydrogen-bond acceptors (Lipinski definition) is 2. The zero-order chi connectivity index (χ0) is 13.6. The average molecular weight is 256 g/mol. The van der Waals surface area contributed by atoms with Crippen molar-refractivity contribution >= 4 is 0 Å². The Kier molecular flexibility index (Phi) is 12.9.